The van der Waals surface area contributed by atoms with E-state index in [0.29, 0.717) is 24.7 Å². The number of rotatable bonds is 3. The molecule has 1 aromatic carbocycles. The van der Waals surface area contributed by atoms with Crippen molar-refractivity contribution in [2.75, 3.05) is 13.2 Å². The SMILES string of the molecule is C=CC1COC(C2CCC(c3cc(F)c(F)c(F)c3)CC2)OC1. The summed E-state index contributed by atoms with van der Waals surface area (Å²) < 4.78 is 51.3. The highest BCUT2D eigenvalue weighted by molar-refractivity contribution is 5.23. The molecule has 0 N–H and O–H groups in total. The van der Waals surface area contributed by atoms with Crippen molar-refractivity contribution in [1.29, 1.82) is 0 Å². The Morgan fingerprint density at radius 2 is 1.52 bits per heavy atom. The molecule has 2 aliphatic rings. The van der Waals surface area contributed by atoms with E-state index in [0.717, 1.165) is 37.8 Å². The molecule has 0 amide bonds. The first-order chi connectivity index (χ1) is 11.1. The minimum atomic E-state index is -1.40. The fraction of sp³-hybridized carbons (Fsp3) is 0.556. The standard InChI is InChI=1S/C18H21F3O2/c1-2-11-9-22-18(23-10-11)13-5-3-12(4-6-13)14-7-15(19)17(21)16(20)8-14/h2,7-8,11-13,18H,1,3-6,9-10H2. The molecule has 0 atom stereocenters. The van der Waals surface area contributed by atoms with Crippen LogP contribution in [0.25, 0.3) is 0 Å². The number of benzene rings is 1. The van der Waals surface area contributed by atoms with Crippen molar-refractivity contribution in [1.82, 2.24) is 0 Å². The summed E-state index contributed by atoms with van der Waals surface area (Å²) in [5.74, 6) is -3.03. The number of hydrogen-bond donors (Lipinski definition) is 0. The van der Waals surface area contributed by atoms with Crippen LogP contribution in [0.5, 0.6) is 0 Å². The van der Waals surface area contributed by atoms with Crippen molar-refractivity contribution in [3.63, 3.8) is 0 Å². The van der Waals surface area contributed by atoms with Crippen LogP contribution in [-0.4, -0.2) is 19.5 Å². The van der Waals surface area contributed by atoms with Crippen LogP contribution in [-0.2, 0) is 9.47 Å². The molecule has 0 unspecified atom stereocenters. The van der Waals surface area contributed by atoms with Gasteiger partial charge in [0.05, 0.1) is 13.2 Å². The highest BCUT2D eigenvalue weighted by atomic mass is 19.2. The highest BCUT2D eigenvalue weighted by Gasteiger charge is 2.32. The molecule has 0 spiro atoms. The Kier molecular flexibility index (Phi) is 5.07. The molecule has 0 bridgehead atoms. The zero-order valence-corrected chi connectivity index (χ0v) is 12.9. The van der Waals surface area contributed by atoms with E-state index in [1.807, 2.05) is 6.08 Å². The Morgan fingerprint density at radius 3 is 2.04 bits per heavy atom. The quantitative estimate of drug-likeness (QED) is 0.599. The maximum absolute atomic E-state index is 13.4. The van der Waals surface area contributed by atoms with Crippen LogP contribution in [0.1, 0.15) is 37.2 Å². The van der Waals surface area contributed by atoms with E-state index in [-0.39, 0.29) is 18.1 Å². The van der Waals surface area contributed by atoms with Gasteiger partial charge in [-0.1, -0.05) is 6.08 Å². The molecule has 1 saturated heterocycles. The molecule has 2 nitrogen and oxygen atoms in total. The first-order valence-electron chi connectivity index (χ1n) is 8.08. The molecule has 1 aromatic rings. The normalized spacial score (nSPS) is 31.8. The molecule has 1 saturated carbocycles. The van der Waals surface area contributed by atoms with E-state index in [2.05, 4.69) is 6.58 Å². The van der Waals surface area contributed by atoms with Gasteiger partial charge in [-0.05, 0) is 49.3 Å². The van der Waals surface area contributed by atoms with E-state index in [4.69, 9.17) is 9.47 Å². The minimum absolute atomic E-state index is 0.0559. The fourth-order valence-corrected chi connectivity index (χ4v) is 3.48. The van der Waals surface area contributed by atoms with Gasteiger partial charge in [0.1, 0.15) is 0 Å². The Labute approximate surface area is 134 Å². The lowest BCUT2D eigenvalue weighted by molar-refractivity contribution is -0.222. The summed E-state index contributed by atoms with van der Waals surface area (Å²) in [7, 11) is 0. The van der Waals surface area contributed by atoms with Crippen molar-refractivity contribution in [3.8, 4) is 0 Å². The third-order valence-corrected chi connectivity index (χ3v) is 4.92. The largest absolute Gasteiger partial charge is 0.352 e. The average molecular weight is 326 g/mol. The topological polar surface area (TPSA) is 18.5 Å². The third-order valence-electron chi connectivity index (χ3n) is 4.92. The Hall–Kier alpha value is -1.33. The second-order valence-corrected chi connectivity index (χ2v) is 6.44. The second-order valence-electron chi connectivity index (χ2n) is 6.44. The second kappa shape index (κ2) is 7.05. The molecule has 23 heavy (non-hydrogen) atoms. The lowest BCUT2D eigenvalue weighted by atomic mass is 9.78. The summed E-state index contributed by atoms with van der Waals surface area (Å²) in [5, 5.41) is 0. The molecule has 3 rings (SSSR count). The van der Waals surface area contributed by atoms with Crippen molar-refractivity contribution in [2.24, 2.45) is 11.8 Å². The zero-order valence-electron chi connectivity index (χ0n) is 12.9. The van der Waals surface area contributed by atoms with Gasteiger partial charge in [-0.25, -0.2) is 13.2 Å². The summed E-state index contributed by atoms with van der Waals surface area (Å²) in [6.45, 7) is 4.99. The van der Waals surface area contributed by atoms with Crippen molar-refractivity contribution in [2.45, 2.75) is 37.9 Å². The van der Waals surface area contributed by atoms with Gasteiger partial charge in [-0.3, -0.25) is 0 Å². The predicted molar refractivity (Wildman–Crippen MR) is 80.4 cm³/mol. The van der Waals surface area contributed by atoms with Crippen LogP contribution in [0, 0.1) is 29.3 Å². The van der Waals surface area contributed by atoms with Gasteiger partial charge in [-0.15, -0.1) is 6.58 Å². The third kappa shape index (κ3) is 3.61. The Balaban J connectivity index is 1.57. The van der Waals surface area contributed by atoms with Crippen molar-refractivity contribution < 1.29 is 22.6 Å². The summed E-state index contributed by atoms with van der Waals surface area (Å²) in [4.78, 5) is 0. The van der Waals surface area contributed by atoms with E-state index < -0.39 is 17.5 Å². The van der Waals surface area contributed by atoms with E-state index in [1.165, 1.54) is 0 Å². The molecule has 2 fully saturated rings. The summed E-state index contributed by atoms with van der Waals surface area (Å²) >= 11 is 0. The van der Waals surface area contributed by atoms with Gasteiger partial charge < -0.3 is 9.47 Å². The van der Waals surface area contributed by atoms with E-state index in [1.54, 1.807) is 0 Å². The predicted octanol–water partition coefficient (Wildman–Crippen LogP) is 4.55. The first-order valence-corrected chi connectivity index (χ1v) is 8.08. The van der Waals surface area contributed by atoms with E-state index in [9.17, 15) is 13.2 Å². The Morgan fingerprint density at radius 1 is 0.957 bits per heavy atom. The van der Waals surface area contributed by atoms with Crippen LogP contribution < -0.4 is 0 Å². The van der Waals surface area contributed by atoms with Gasteiger partial charge >= 0.3 is 0 Å². The van der Waals surface area contributed by atoms with Crippen LogP contribution in [0.2, 0.25) is 0 Å². The molecule has 0 aromatic heterocycles. The van der Waals surface area contributed by atoms with Gasteiger partial charge in [0.25, 0.3) is 0 Å². The van der Waals surface area contributed by atoms with E-state index >= 15 is 0 Å². The van der Waals surface area contributed by atoms with Crippen molar-refractivity contribution in [3.05, 3.63) is 47.8 Å². The first kappa shape index (κ1) is 16.5. The maximum Gasteiger partial charge on any atom is 0.194 e. The van der Waals surface area contributed by atoms with Gasteiger partial charge in [0.15, 0.2) is 23.7 Å². The van der Waals surface area contributed by atoms with Gasteiger partial charge in [0.2, 0.25) is 0 Å². The molecule has 126 valence electrons. The molecule has 1 aliphatic heterocycles. The molecular weight excluding hydrogens is 305 g/mol. The van der Waals surface area contributed by atoms with Crippen molar-refractivity contribution >= 4 is 0 Å². The van der Waals surface area contributed by atoms with Crippen LogP contribution >= 0.6 is 0 Å². The molecule has 0 radical (unpaired) electrons. The monoisotopic (exact) mass is 326 g/mol. The van der Waals surface area contributed by atoms with Gasteiger partial charge in [-0.2, -0.15) is 0 Å². The molecule has 1 heterocycles. The minimum Gasteiger partial charge on any atom is -0.352 e. The van der Waals surface area contributed by atoms with Crippen LogP contribution in [0.15, 0.2) is 24.8 Å². The Bertz CT molecular complexity index is 536. The van der Waals surface area contributed by atoms with Crippen LogP contribution in [0.4, 0.5) is 13.2 Å². The lowest BCUT2D eigenvalue weighted by Crippen LogP contribution is -2.37. The summed E-state index contributed by atoms with van der Waals surface area (Å²) in [5.41, 5.74) is 0.539. The number of ether oxygens (including phenoxy) is 2. The van der Waals surface area contributed by atoms with Crippen LogP contribution in [0.3, 0.4) is 0 Å². The summed E-state index contributed by atoms with van der Waals surface area (Å²) in [6, 6.07) is 2.23. The molecule has 1 aliphatic carbocycles. The zero-order chi connectivity index (χ0) is 16.4. The molecule has 5 heteroatoms. The number of halogens is 3. The maximum atomic E-state index is 13.4. The smallest absolute Gasteiger partial charge is 0.194 e. The number of hydrogen-bond acceptors (Lipinski definition) is 2. The lowest BCUT2D eigenvalue weighted by Gasteiger charge is -2.37. The highest BCUT2D eigenvalue weighted by Crippen LogP contribution is 2.39. The summed E-state index contributed by atoms with van der Waals surface area (Å²) in [6.07, 6.45) is 4.97. The average Bonchev–Trinajstić information content (AvgIpc) is 2.59. The van der Waals surface area contributed by atoms with Gasteiger partial charge in [0, 0.05) is 11.8 Å². The fourth-order valence-electron chi connectivity index (χ4n) is 3.48. The molecular formula is C18H21F3O2.